The second-order valence-corrected chi connectivity index (χ2v) is 39.5. The first-order chi connectivity index (χ1) is 65.4. The van der Waals surface area contributed by atoms with E-state index < -0.39 is 24.4 Å². The molecule has 4 aliphatic heterocycles. The van der Waals surface area contributed by atoms with Gasteiger partial charge in [-0.25, -0.2) is 0 Å². The first kappa shape index (κ1) is 96.3. The van der Waals surface area contributed by atoms with Gasteiger partial charge < -0.3 is 85.5 Å². The summed E-state index contributed by atoms with van der Waals surface area (Å²) in [5.41, 5.74) is 10.7. The number of rotatable bonds is 28. The molecule has 20 rings (SSSR count). The van der Waals surface area contributed by atoms with E-state index in [1.807, 2.05) is 147 Å². The molecule has 0 radical (unpaired) electrons. The Kier molecular flexibility index (Phi) is 32.0. The Balaban J connectivity index is 0.000000125. The normalized spacial score (nSPS) is 16.3. The lowest BCUT2D eigenvalue weighted by atomic mass is 9.88. The van der Waals surface area contributed by atoms with E-state index in [-0.39, 0.29) is 26.4 Å². The van der Waals surface area contributed by atoms with E-state index in [9.17, 15) is 20.4 Å². The lowest BCUT2D eigenvalue weighted by Gasteiger charge is -2.33. The van der Waals surface area contributed by atoms with Crippen molar-refractivity contribution in [3.05, 3.63) is 256 Å². The minimum Gasteiger partial charge on any atom is -0.490 e. The fourth-order valence-electron chi connectivity index (χ4n) is 17.9. The van der Waals surface area contributed by atoms with Gasteiger partial charge in [-0.1, -0.05) is 147 Å². The Hall–Kier alpha value is -10.4. The molecular weight excluding hydrogens is 1860 g/mol. The van der Waals surface area contributed by atoms with Crippen LogP contribution >= 0.6 is 80.7 Å². The summed E-state index contributed by atoms with van der Waals surface area (Å²) in [6, 6.07) is 56.8. The molecule has 8 aromatic carbocycles. The number of aliphatic hydroxyl groups excluding tert-OH is 4. The molecule has 0 amide bonds. The van der Waals surface area contributed by atoms with Gasteiger partial charge in [-0.2, -0.15) is 0 Å². The SMILES string of the molecule is Cc1nnc(-c2cc3c(OC[C@@H](O)CN4CCC(c5ccc(C)c(C)c5)CC4)cccc3o2)s1.Cc1nnc(-c2cc3c(OC[C@@H](O)CN4CCC(c5ccc(Cl)c(Cl)c5)CC4)cccc3o2)s1.Cc1nnc(-c2cc3c(OC[C@@H](O)CN4CCC(c5cccc(Cl)c5)CC4)cccc3o2)o1.Cc1nnc(-c2cc3c(OC[C@H](O)CN4CCC(c5ccc(Cl)c(Cl)c5)CC4)cccc3o2)o1. The molecule has 706 valence electrons. The molecule has 4 saturated heterocycles. The van der Waals surface area contributed by atoms with Crippen molar-refractivity contribution in [3.63, 3.8) is 0 Å². The zero-order chi connectivity index (χ0) is 93.8. The molecule has 26 nitrogen and oxygen atoms in total. The molecule has 0 spiro atoms. The third-order valence-corrected chi connectivity index (χ3v) is 28.6. The van der Waals surface area contributed by atoms with Crippen LogP contribution in [0.3, 0.4) is 0 Å². The van der Waals surface area contributed by atoms with Gasteiger partial charge in [0.25, 0.3) is 11.8 Å². The van der Waals surface area contributed by atoms with Crippen LogP contribution in [-0.2, 0) is 0 Å². The number of fused-ring (bicyclic) bond motifs is 4. The Labute approximate surface area is 815 Å². The number of ether oxygens (including phenoxy) is 4. The number of nitrogens with zero attached hydrogens (tertiary/aromatic N) is 12. The fraction of sp³-hybridized carbons (Fsp3) is 0.373. The Bertz CT molecular complexity index is 6170. The molecular formula is C102H107Cl5N12O14S2. The van der Waals surface area contributed by atoms with Gasteiger partial charge in [0.2, 0.25) is 11.8 Å². The maximum Gasteiger partial charge on any atom is 0.283 e. The standard InChI is InChI=1S/C27H31N3O3S.C25H25Cl2N3O4.C25H25Cl2N3O3S.C25H26ClN3O4/c1-17-7-8-21(13-18(17)2)20-9-11-30(12-10-20)15-22(31)16-32-24-5-4-6-25-23(24)14-26(33-25)27-29-28-19(3)34-27;1-15-28-29-25(33-15)24-12-19-22(3-2-4-23(19)34-24)32-14-18(31)13-30-9-7-16(8-10-30)17-5-6-20(26)21(27)11-17;1-15-28-29-25(34-15)24-12-19-22(3-2-4-23(19)33-24)32-14-18(31)13-30-9-7-16(8-10-30)17-5-6-20(26)21(27)11-17;1-16-27-28-25(32-16)24-13-21-22(6-3-7-23(21)33-24)31-15-20(30)14-29-10-8-17(9-11-29)18-4-2-5-19(26)12-18/h4-8,13-14,20,22,31H,9-12,15-16H2,1-3H3;2*2-6,11-12,16,18,31H,7-10,13-14H2,1H3;2-7,12-13,17,20,30H,8-11,14-15H2,1H3/t22-;2*18-;20-/m0100/s1. The van der Waals surface area contributed by atoms with Crippen molar-refractivity contribution in [1.29, 1.82) is 0 Å². The van der Waals surface area contributed by atoms with Crippen LogP contribution in [0.25, 0.3) is 88.7 Å². The van der Waals surface area contributed by atoms with Gasteiger partial charge >= 0.3 is 0 Å². The monoisotopic (exact) mass is 1960 g/mol. The highest BCUT2D eigenvalue weighted by atomic mass is 35.5. The highest BCUT2D eigenvalue weighted by Gasteiger charge is 2.30. The number of piperidine rings is 4. The summed E-state index contributed by atoms with van der Waals surface area (Å²) in [7, 11) is 0. The van der Waals surface area contributed by atoms with E-state index in [2.05, 4.69) is 117 Å². The summed E-state index contributed by atoms with van der Waals surface area (Å²) >= 11 is 33.6. The van der Waals surface area contributed by atoms with E-state index in [4.69, 9.17) is 103 Å². The van der Waals surface area contributed by atoms with Crippen LogP contribution in [0.4, 0.5) is 0 Å². The average molecular weight is 1970 g/mol. The zero-order valence-corrected chi connectivity index (χ0v) is 81.2. The number of likely N-dealkylation sites (tertiary alicyclic amines) is 4. The molecule has 4 N–H and O–H groups in total. The summed E-state index contributed by atoms with van der Waals surface area (Å²) in [5, 5.41) is 84.4. The van der Waals surface area contributed by atoms with Crippen molar-refractivity contribution in [3.8, 4) is 67.8 Å². The van der Waals surface area contributed by atoms with Crippen molar-refractivity contribution in [1.82, 2.24) is 60.4 Å². The maximum atomic E-state index is 10.7. The number of aromatic nitrogens is 8. The number of hydrogen-bond donors (Lipinski definition) is 4. The third kappa shape index (κ3) is 25.0. The van der Waals surface area contributed by atoms with Gasteiger partial charge in [-0.3, -0.25) is 0 Å². The van der Waals surface area contributed by atoms with Crippen LogP contribution in [0, 0.1) is 41.5 Å². The number of β-amino-alcohol motifs (C(OH)–C–C–N with tert-alkyl or cyclic N) is 4. The van der Waals surface area contributed by atoms with Gasteiger partial charge in [0.15, 0.2) is 33.1 Å². The summed E-state index contributed by atoms with van der Waals surface area (Å²) in [6.07, 6.45) is 6.09. The van der Waals surface area contributed by atoms with Crippen molar-refractivity contribution < 1.29 is 65.9 Å². The first-order valence-electron chi connectivity index (χ1n) is 45.6. The van der Waals surface area contributed by atoms with E-state index in [1.165, 1.54) is 56.1 Å². The molecule has 0 aliphatic carbocycles. The summed E-state index contributed by atoms with van der Waals surface area (Å²) in [5.74, 6) is 8.65. The molecule has 16 aromatic rings. The maximum absolute atomic E-state index is 10.7. The summed E-state index contributed by atoms with van der Waals surface area (Å²) in [6.45, 7) is 22.4. The molecule has 8 aromatic heterocycles. The number of furan rings is 4. The number of hydrogen-bond acceptors (Lipinski definition) is 28. The molecule has 0 bridgehead atoms. The third-order valence-electron chi connectivity index (χ3n) is 25.1. The predicted octanol–water partition coefficient (Wildman–Crippen LogP) is 22.5. The molecule has 4 fully saturated rings. The highest BCUT2D eigenvalue weighted by molar-refractivity contribution is 7.14. The lowest BCUT2D eigenvalue weighted by molar-refractivity contribution is 0.0598. The van der Waals surface area contributed by atoms with Crippen LogP contribution in [-0.4, -0.2) is 210 Å². The van der Waals surface area contributed by atoms with Crippen molar-refractivity contribution >= 4 is 125 Å². The minimum absolute atomic E-state index is 0.187. The van der Waals surface area contributed by atoms with Gasteiger partial charge in [0.1, 0.15) is 106 Å². The molecule has 4 aliphatic rings. The second kappa shape index (κ2) is 44.8. The van der Waals surface area contributed by atoms with Crippen LogP contribution in [0.15, 0.2) is 202 Å². The molecule has 0 saturated carbocycles. The number of benzene rings is 8. The summed E-state index contributed by atoms with van der Waals surface area (Å²) in [4.78, 5) is 9.20. The van der Waals surface area contributed by atoms with Crippen LogP contribution in [0.5, 0.6) is 23.0 Å². The van der Waals surface area contributed by atoms with Crippen molar-refractivity contribution in [2.75, 3.05) is 105 Å². The molecule has 0 unspecified atom stereocenters. The van der Waals surface area contributed by atoms with Crippen molar-refractivity contribution in [2.24, 2.45) is 0 Å². The molecule has 12 heterocycles. The number of halogens is 5. The summed E-state index contributed by atoms with van der Waals surface area (Å²) < 4.78 is 58.4. The van der Waals surface area contributed by atoms with E-state index in [0.717, 1.165) is 161 Å². The smallest absolute Gasteiger partial charge is 0.283 e. The Morgan fingerprint density at radius 3 is 0.933 bits per heavy atom. The lowest BCUT2D eigenvalue weighted by Crippen LogP contribution is -2.40. The first-order valence-corrected chi connectivity index (χ1v) is 49.1. The quantitative estimate of drug-likeness (QED) is 0.0354. The van der Waals surface area contributed by atoms with Crippen molar-refractivity contribution in [2.45, 2.75) is 141 Å². The van der Waals surface area contributed by atoms with E-state index in [0.29, 0.717) is 151 Å². The Morgan fingerprint density at radius 2 is 0.630 bits per heavy atom. The molecule has 33 heteroatoms. The minimum atomic E-state index is -0.609. The van der Waals surface area contributed by atoms with E-state index >= 15 is 0 Å². The largest absolute Gasteiger partial charge is 0.490 e. The number of aryl methyl sites for hydroxylation is 6. The molecule has 4 atom stereocenters. The predicted molar refractivity (Wildman–Crippen MR) is 528 cm³/mol. The van der Waals surface area contributed by atoms with Gasteiger partial charge in [0.05, 0.1) is 41.6 Å². The van der Waals surface area contributed by atoms with Crippen LogP contribution < -0.4 is 18.9 Å². The average Bonchev–Trinajstić information content (AvgIpc) is 1.45. The van der Waals surface area contributed by atoms with Crippen LogP contribution in [0.1, 0.15) is 130 Å². The van der Waals surface area contributed by atoms with Crippen LogP contribution in [0.2, 0.25) is 25.1 Å². The van der Waals surface area contributed by atoms with Gasteiger partial charge in [-0.05, 0) is 286 Å². The van der Waals surface area contributed by atoms with Gasteiger partial charge in [0, 0.05) is 57.2 Å². The van der Waals surface area contributed by atoms with E-state index in [1.54, 1.807) is 13.8 Å². The Morgan fingerprint density at radius 1 is 0.319 bits per heavy atom. The highest BCUT2D eigenvalue weighted by Crippen LogP contribution is 2.42. The second-order valence-electron chi connectivity index (χ2n) is 35.0. The van der Waals surface area contributed by atoms with Gasteiger partial charge in [-0.15, -0.1) is 40.8 Å². The number of aliphatic hydroxyl groups is 4. The zero-order valence-electron chi connectivity index (χ0n) is 75.8. The fourth-order valence-corrected chi connectivity index (χ4v) is 20.0. The molecule has 135 heavy (non-hydrogen) atoms. The topological polar surface area (TPSA) is 313 Å².